The molecule has 0 fully saturated rings. The molecule has 3 heteroatoms. The highest BCUT2D eigenvalue weighted by atomic mass is 15.1. The van der Waals surface area contributed by atoms with Gasteiger partial charge in [-0.1, -0.05) is 54.6 Å². The van der Waals surface area contributed by atoms with Crippen LogP contribution in [0.25, 0.3) is 39.4 Å². The number of benzene rings is 2. The van der Waals surface area contributed by atoms with Gasteiger partial charge < -0.3 is 0 Å². The van der Waals surface area contributed by atoms with Crippen LogP contribution in [0.3, 0.4) is 0 Å². The van der Waals surface area contributed by atoms with Crippen molar-refractivity contribution in [2.75, 3.05) is 0 Å². The lowest BCUT2D eigenvalue weighted by atomic mass is 10.1. The number of fused-ring (bicyclic) bond motifs is 1. The summed E-state index contributed by atoms with van der Waals surface area (Å²) in [5, 5.41) is 0. The van der Waals surface area contributed by atoms with Crippen LogP contribution in [-0.2, 0) is 0 Å². The molecule has 0 N–H and O–H groups in total. The van der Waals surface area contributed by atoms with Crippen molar-refractivity contribution >= 4 is 16.7 Å². The Labute approximate surface area is 158 Å². The van der Waals surface area contributed by atoms with Crippen LogP contribution in [0.1, 0.15) is 12.8 Å². The standard InChI is InChI=1S/C24H19N3/c1-3-9-18(10-4-1)19-15-16-25-22(17-19)24-26-21-13-7-8-14-23(21)27(24)20-11-5-2-6-12-20/h1,3-5,7-17H,2,6H2. The Morgan fingerprint density at radius 2 is 1.67 bits per heavy atom. The first-order valence-corrected chi connectivity index (χ1v) is 9.26. The zero-order valence-electron chi connectivity index (χ0n) is 14.9. The summed E-state index contributed by atoms with van der Waals surface area (Å²) < 4.78 is 2.22. The maximum Gasteiger partial charge on any atom is 0.164 e. The number of nitrogens with zero attached hydrogens (tertiary/aromatic N) is 3. The molecule has 0 unspecified atom stereocenters. The van der Waals surface area contributed by atoms with Gasteiger partial charge in [0.05, 0.1) is 11.0 Å². The Bertz CT molecular complexity index is 1170. The van der Waals surface area contributed by atoms with Gasteiger partial charge >= 0.3 is 0 Å². The molecule has 2 aromatic heterocycles. The van der Waals surface area contributed by atoms with Crippen LogP contribution < -0.4 is 0 Å². The number of hydrogen-bond donors (Lipinski definition) is 0. The average Bonchev–Trinajstić information content (AvgIpc) is 3.15. The van der Waals surface area contributed by atoms with Crippen LogP contribution in [0.4, 0.5) is 0 Å². The number of para-hydroxylation sites is 2. The largest absolute Gasteiger partial charge is 0.291 e. The van der Waals surface area contributed by atoms with Crippen molar-refractivity contribution < 1.29 is 0 Å². The third-order valence-corrected chi connectivity index (χ3v) is 4.89. The highest BCUT2D eigenvalue weighted by molar-refractivity contribution is 5.86. The van der Waals surface area contributed by atoms with Gasteiger partial charge in [-0.05, 0) is 54.3 Å². The summed E-state index contributed by atoms with van der Waals surface area (Å²) in [4.78, 5) is 9.57. The second kappa shape index (κ2) is 6.69. The Hall–Kier alpha value is -3.46. The SMILES string of the molecule is C1=CC(n2c(-c3cc(-c4ccccc4)ccn3)nc3ccccc32)=CCC1. The molecule has 1 aliphatic carbocycles. The zero-order chi connectivity index (χ0) is 18.1. The summed E-state index contributed by atoms with van der Waals surface area (Å²) in [6.07, 6.45) is 10.7. The van der Waals surface area contributed by atoms with Crippen LogP contribution in [0.2, 0.25) is 0 Å². The van der Waals surface area contributed by atoms with Crippen molar-refractivity contribution in [1.29, 1.82) is 0 Å². The molecular formula is C24H19N3. The highest BCUT2D eigenvalue weighted by Crippen LogP contribution is 2.31. The van der Waals surface area contributed by atoms with Gasteiger partial charge in [0.25, 0.3) is 0 Å². The average molecular weight is 349 g/mol. The van der Waals surface area contributed by atoms with Crippen LogP contribution in [0.15, 0.2) is 91.2 Å². The zero-order valence-corrected chi connectivity index (χ0v) is 14.9. The number of allylic oxidation sites excluding steroid dienone is 4. The fourth-order valence-electron chi connectivity index (χ4n) is 3.59. The molecule has 4 aromatic rings. The molecule has 2 heterocycles. The van der Waals surface area contributed by atoms with Crippen LogP contribution in [0.5, 0.6) is 0 Å². The molecule has 0 atom stereocenters. The minimum absolute atomic E-state index is 0.881. The lowest BCUT2D eigenvalue weighted by molar-refractivity contribution is 1.01. The van der Waals surface area contributed by atoms with E-state index in [1.165, 1.54) is 5.56 Å². The summed E-state index contributed by atoms with van der Waals surface area (Å²) in [6.45, 7) is 0. The molecule has 0 spiro atoms. The van der Waals surface area contributed by atoms with E-state index in [0.29, 0.717) is 0 Å². The first-order chi connectivity index (χ1) is 13.4. The highest BCUT2D eigenvalue weighted by Gasteiger charge is 2.16. The molecule has 0 aliphatic heterocycles. The molecular weight excluding hydrogens is 330 g/mol. The maximum absolute atomic E-state index is 4.92. The quantitative estimate of drug-likeness (QED) is 0.457. The van der Waals surface area contributed by atoms with Gasteiger partial charge in [-0.15, -0.1) is 0 Å². The van der Waals surface area contributed by atoms with E-state index in [1.54, 1.807) is 0 Å². The van der Waals surface area contributed by atoms with Crippen molar-refractivity contribution in [3.8, 4) is 22.6 Å². The fourth-order valence-corrected chi connectivity index (χ4v) is 3.59. The topological polar surface area (TPSA) is 30.7 Å². The van der Waals surface area contributed by atoms with E-state index in [2.05, 4.69) is 76.3 Å². The molecule has 0 amide bonds. The lowest BCUT2D eigenvalue weighted by Crippen LogP contribution is -2.01. The van der Waals surface area contributed by atoms with E-state index in [0.717, 1.165) is 46.7 Å². The smallest absolute Gasteiger partial charge is 0.164 e. The molecule has 130 valence electrons. The number of rotatable bonds is 3. The third kappa shape index (κ3) is 2.87. The minimum atomic E-state index is 0.881. The summed E-state index contributed by atoms with van der Waals surface area (Å²) in [6, 6.07) is 22.8. The van der Waals surface area contributed by atoms with Gasteiger partial charge in [0.2, 0.25) is 0 Å². The number of hydrogen-bond acceptors (Lipinski definition) is 2. The predicted molar refractivity (Wildman–Crippen MR) is 111 cm³/mol. The molecule has 0 radical (unpaired) electrons. The number of pyridine rings is 1. The monoisotopic (exact) mass is 349 g/mol. The van der Waals surface area contributed by atoms with Crippen molar-refractivity contribution in [3.05, 3.63) is 91.2 Å². The van der Waals surface area contributed by atoms with Crippen molar-refractivity contribution in [1.82, 2.24) is 14.5 Å². The van der Waals surface area contributed by atoms with E-state index in [1.807, 2.05) is 24.4 Å². The molecule has 0 bridgehead atoms. The van der Waals surface area contributed by atoms with Crippen molar-refractivity contribution in [2.24, 2.45) is 0 Å². The summed E-state index contributed by atoms with van der Waals surface area (Å²) in [5.41, 5.74) is 6.47. The van der Waals surface area contributed by atoms with Crippen LogP contribution >= 0.6 is 0 Å². The summed E-state index contributed by atoms with van der Waals surface area (Å²) >= 11 is 0. The second-order valence-corrected chi connectivity index (χ2v) is 6.66. The Balaban J connectivity index is 1.72. The molecule has 2 aromatic carbocycles. The Kier molecular flexibility index (Phi) is 3.91. The summed E-state index contributed by atoms with van der Waals surface area (Å²) in [5.74, 6) is 0.881. The molecule has 0 saturated carbocycles. The van der Waals surface area contributed by atoms with Gasteiger partial charge in [-0.2, -0.15) is 0 Å². The molecule has 5 rings (SSSR count). The van der Waals surface area contributed by atoms with Gasteiger partial charge in [0.1, 0.15) is 5.69 Å². The van der Waals surface area contributed by atoms with Gasteiger partial charge in [-0.25, -0.2) is 4.98 Å². The molecule has 3 nitrogen and oxygen atoms in total. The van der Waals surface area contributed by atoms with Gasteiger partial charge in [0, 0.05) is 11.9 Å². The van der Waals surface area contributed by atoms with E-state index in [4.69, 9.17) is 4.98 Å². The second-order valence-electron chi connectivity index (χ2n) is 6.66. The van der Waals surface area contributed by atoms with E-state index in [-0.39, 0.29) is 0 Å². The first-order valence-electron chi connectivity index (χ1n) is 9.26. The van der Waals surface area contributed by atoms with Gasteiger partial charge in [-0.3, -0.25) is 9.55 Å². The Morgan fingerprint density at radius 3 is 2.52 bits per heavy atom. The third-order valence-electron chi connectivity index (χ3n) is 4.89. The molecule has 0 saturated heterocycles. The normalized spacial score (nSPS) is 13.7. The Morgan fingerprint density at radius 1 is 0.815 bits per heavy atom. The van der Waals surface area contributed by atoms with Crippen molar-refractivity contribution in [2.45, 2.75) is 12.8 Å². The van der Waals surface area contributed by atoms with Crippen molar-refractivity contribution in [3.63, 3.8) is 0 Å². The minimum Gasteiger partial charge on any atom is -0.291 e. The maximum atomic E-state index is 4.92. The first kappa shape index (κ1) is 15.8. The number of aromatic nitrogens is 3. The lowest BCUT2D eigenvalue weighted by Gasteiger charge is -2.13. The fraction of sp³-hybridized carbons (Fsp3) is 0.0833. The predicted octanol–water partition coefficient (Wildman–Crippen LogP) is 5.96. The van der Waals surface area contributed by atoms with Crippen LogP contribution in [0, 0.1) is 0 Å². The molecule has 1 aliphatic rings. The van der Waals surface area contributed by atoms with E-state index in [9.17, 15) is 0 Å². The van der Waals surface area contributed by atoms with E-state index < -0.39 is 0 Å². The summed E-state index contributed by atoms with van der Waals surface area (Å²) in [7, 11) is 0. The van der Waals surface area contributed by atoms with Crippen LogP contribution in [-0.4, -0.2) is 14.5 Å². The number of imidazole rings is 1. The van der Waals surface area contributed by atoms with Gasteiger partial charge in [0.15, 0.2) is 5.82 Å². The molecule has 27 heavy (non-hydrogen) atoms. The van der Waals surface area contributed by atoms with E-state index >= 15 is 0 Å².